The fourth-order valence-corrected chi connectivity index (χ4v) is 1.77. The van der Waals surface area contributed by atoms with Crippen LogP contribution in [0, 0.1) is 5.92 Å². The Bertz CT molecular complexity index is 430. The van der Waals surface area contributed by atoms with Crippen LogP contribution in [0.15, 0.2) is 36.9 Å². The molecule has 1 unspecified atom stereocenters. The monoisotopic (exact) mass is 215 g/mol. The van der Waals surface area contributed by atoms with E-state index < -0.39 is 0 Å². The molecule has 82 valence electrons. The van der Waals surface area contributed by atoms with E-state index in [0.29, 0.717) is 17.7 Å². The molecule has 0 N–H and O–H groups in total. The molecule has 0 saturated heterocycles. The van der Waals surface area contributed by atoms with Crippen LogP contribution >= 0.6 is 0 Å². The summed E-state index contributed by atoms with van der Waals surface area (Å²) in [5.74, 6) is -0.286. The Morgan fingerprint density at radius 2 is 1.75 bits per heavy atom. The van der Waals surface area contributed by atoms with Crippen molar-refractivity contribution in [1.82, 2.24) is 4.90 Å². The normalized spacial score (nSPS) is 16.2. The van der Waals surface area contributed by atoms with Gasteiger partial charge in [0.25, 0.3) is 11.8 Å². The fraction of sp³-hybridized carbons (Fsp3) is 0.231. The molecule has 2 amide bonds. The summed E-state index contributed by atoms with van der Waals surface area (Å²) >= 11 is 0. The Hall–Kier alpha value is -1.90. The Morgan fingerprint density at radius 1 is 1.25 bits per heavy atom. The van der Waals surface area contributed by atoms with Gasteiger partial charge in [0, 0.05) is 6.54 Å². The lowest BCUT2D eigenvalue weighted by Gasteiger charge is -2.16. The van der Waals surface area contributed by atoms with Gasteiger partial charge in [-0.15, -0.1) is 6.58 Å². The summed E-state index contributed by atoms with van der Waals surface area (Å²) in [7, 11) is 0. The molecule has 0 radical (unpaired) electrons. The lowest BCUT2D eigenvalue weighted by atomic mass is 10.1. The molecule has 2 rings (SSSR count). The first-order valence-electron chi connectivity index (χ1n) is 5.23. The molecule has 16 heavy (non-hydrogen) atoms. The highest BCUT2D eigenvalue weighted by Gasteiger charge is 2.35. The second-order valence-electron chi connectivity index (χ2n) is 3.98. The van der Waals surface area contributed by atoms with E-state index in [1.54, 1.807) is 30.3 Å². The van der Waals surface area contributed by atoms with Gasteiger partial charge >= 0.3 is 0 Å². The van der Waals surface area contributed by atoms with E-state index >= 15 is 0 Å². The maximum Gasteiger partial charge on any atom is 0.261 e. The van der Waals surface area contributed by atoms with Crippen LogP contribution in [0.2, 0.25) is 0 Å². The molecule has 0 aromatic heterocycles. The molecule has 1 heterocycles. The summed E-state index contributed by atoms with van der Waals surface area (Å²) in [5.41, 5.74) is 1.01. The van der Waals surface area contributed by atoms with Crippen LogP contribution in [0.25, 0.3) is 0 Å². The van der Waals surface area contributed by atoms with E-state index in [0.717, 1.165) is 0 Å². The number of carbonyl (C=O) groups is 2. The zero-order valence-corrected chi connectivity index (χ0v) is 9.14. The van der Waals surface area contributed by atoms with Gasteiger partial charge in [-0.1, -0.05) is 25.1 Å². The van der Waals surface area contributed by atoms with Gasteiger partial charge < -0.3 is 0 Å². The van der Waals surface area contributed by atoms with Crippen molar-refractivity contribution in [3.8, 4) is 0 Å². The van der Waals surface area contributed by atoms with Gasteiger partial charge in [0.2, 0.25) is 0 Å². The van der Waals surface area contributed by atoms with Crippen molar-refractivity contribution < 1.29 is 9.59 Å². The molecule has 1 aromatic rings. The van der Waals surface area contributed by atoms with Crippen LogP contribution < -0.4 is 0 Å². The van der Waals surface area contributed by atoms with Crippen molar-refractivity contribution >= 4 is 11.8 Å². The first-order chi connectivity index (χ1) is 7.65. The van der Waals surface area contributed by atoms with Gasteiger partial charge in [0.05, 0.1) is 11.1 Å². The fourth-order valence-electron chi connectivity index (χ4n) is 1.77. The van der Waals surface area contributed by atoms with Crippen LogP contribution in [0.5, 0.6) is 0 Å². The molecule has 3 nitrogen and oxygen atoms in total. The lowest BCUT2D eigenvalue weighted by molar-refractivity contribution is 0.0641. The third-order valence-corrected chi connectivity index (χ3v) is 2.75. The molecule has 0 aliphatic carbocycles. The van der Waals surface area contributed by atoms with Gasteiger partial charge in [-0.25, -0.2) is 0 Å². The van der Waals surface area contributed by atoms with E-state index in [9.17, 15) is 9.59 Å². The Labute approximate surface area is 94.4 Å². The van der Waals surface area contributed by atoms with Crippen LogP contribution in [-0.2, 0) is 0 Å². The second-order valence-corrected chi connectivity index (χ2v) is 3.98. The number of fused-ring (bicyclic) bond motifs is 1. The Balaban J connectivity index is 2.31. The van der Waals surface area contributed by atoms with Crippen molar-refractivity contribution in [3.63, 3.8) is 0 Å². The van der Waals surface area contributed by atoms with E-state index in [4.69, 9.17) is 0 Å². The third-order valence-electron chi connectivity index (χ3n) is 2.75. The van der Waals surface area contributed by atoms with Gasteiger partial charge in [0.15, 0.2) is 0 Å². The summed E-state index contributed by atoms with van der Waals surface area (Å²) in [5, 5.41) is 0. The van der Waals surface area contributed by atoms with Crippen molar-refractivity contribution in [2.75, 3.05) is 6.54 Å². The number of nitrogens with zero attached hydrogens (tertiary/aromatic N) is 1. The van der Waals surface area contributed by atoms with Gasteiger partial charge in [0.1, 0.15) is 0 Å². The Kier molecular flexibility index (Phi) is 2.60. The minimum absolute atomic E-state index is 0.113. The summed E-state index contributed by atoms with van der Waals surface area (Å²) in [4.78, 5) is 25.1. The van der Waals surface area contributed by atoms with Gasteiger partial charge in [-0.3, -0.25) is 14.5 Å². The van der Waals surface area contributed by atoms with E-state index in [-0.39, 0.29) is 17.7 Å². The molecule has 0 saturated carbocycles. The number of hydrogen-bond donors (Lipinski definition) is 0. The first kappa shape index (κ1) is 10.6. The molecule has 0 bridgehead atoms. The van der Waals surface area contributed by atoms with Crippen molar-refractivity contribution in [2.45, 2.75) is 6.92 Å². The van der Waals surface area contributed by atoms with Gasteiger partial charge in [-0.2, -0.15) is 0 Å². The highest BCUT2D eigenvalue weighted by molar-refractivity contribution is 6.21. The number of rotatable bonds is 3. The smallest absolute Gasteiger partial charge is 0.261 e. The number of amides is 2. The molecule has 1 aliphatic heterocycles. The lowest BCUT2D eigenvalue weighted by Crippen LogP contribution is -2.33. The standard InChI is InChI=1S/C13H13NO2/c1-3-9(2)8-14-12(15)10-6-4-5-7-11(10)13(14)16/h3-7,9H,1,8H2,2H3. The maximum atomic E-state index is 11.9. The van der Waals surface area contributed by atoms with Crippen LogP contribution in [0.4, 0.5) is 0 Å². The average molecular weight is 215 g/mol. The topological polar surface area (TPSA) is 37.4 Å². The molecule has 3 heteroatoms. The number of carbonyl (C=O) groups excluding carboxylic acids is 2. The van der Waals surface area contributed by atoms with E-state index in [1.807, 2.05) is 6.92 Å². The minimum atomic E-state index is -0.200. The highest BCUT2D eigenvalue weighted by atomic mass is 16.2. The zero-order valence-electron chi connectivity index (χ0n) is 9.14. The van der Waals surface area contributed by atoms with Crippen molar-refractivity contribution in [1.29, 1.82) is 0 Å². The van der Waals surface area contributed by atoms with Crippen LogP contribution in [0.1, 0.15) is 27.6 Å². The molecule has 0 fully saturated rings. The summed E-state index contributed by atoms with van der Waals surface area (Å²) < 4.78 is 0. The molecule has 1 aliphatic rings. The largest absolute Gasteiger partial charge is 0.274 e. The Morgan fingerprint density at radius 3 is 2.19 bits per heavy atom. The highest BCUT2D eigenvalue weighted by Crippen LogP contribution is 2.23. The second kappa shape index (κ2) is 3.93. The van der Waals surface area contributed by atoms with Crippen molar-refractivity contribution in [3.05, 3.63) is 48.0 Å². The van der Waals surface area contributed by atoms with Gasteiger partial charge in [-0.05, 0) is 18.1 Å². The number of imide groups is 1. The van der Waals surface area contributed by atoms with E-state index in [2.05, 4.69) is 6.58 Å². The first-order valence-corrected chi connectivity index (χ1v) is 5.23. The quantitative estimate of drug-likeness (QED) is 0.572. The number of hydrogen-bond acceptors (Lipinski definition) is 2. The average Bonchev–Trinajstić information content (AvgIpc) is 2.55. The summed E-state index contributed by atoms with van der Waals surface area (Å²) in [6, 6.07) is 6.91. The zero-order chi connectivity index (χ0) is 11.7. The third kappa shape index (κ3) is 1.54. The van der Waals surface area contributed by atoms with Crippen LogP contribution in [-0.4, -0.2) is 23.3 Å². The SMILES string of the molecule is C=CC(C)CN1C(=O)c2ccccc2C1=O. The molecular formula is C13H13NO2. The predicted octanol–water partition coefficient (Wildman–Crippen LogP) is 2.10. The van der Waals surface area contributed by atoms with Crippen molar-refractivity contribution in [2.24, 2.45) is 5.92 Å². The maximum absolute atomic E-state index is 11.9. The van der Waals surface area contributed by atoms with Crippen LogP contribution in [0.3, 0.4) is 0 Å². The molecule has 1 atom stereocenters. The summed E-state index contributed by atoms with van der Waals surface area (Å²) in [6.45, 7) is 5.98. The molecule has 0 spiro atoms. The number of benzene rings is 1. The molecule has 1 aromatic carbocycles. The summed E-state index contributed by atoms with van der Waals surface area (Å²) in [6.07, 6.45) is 1.74. The van der Waals surface area contributed by atoms with E-state index in [1.165, 1.54) is 4.90 Å². The predicted molar refractivity (Wildman–Crippen MR) is 61.2 cm³/mol. The molecular weight excluding hydrogens is 202 g/mol. The minimum Gasteiger partial charge on any atom is -0.274 e.